The molecule has 0 aliphatic carbocycles. The van der Waals surface area contributed by atoms with Gasteiger partial charge in [0.1, 0.15) is 0 Å². The molecular weight excluding hydrogens is 439 g/mol. The molecule has 0 bridgehead atoms. The van der Waals surface area contributed by atoms with Gasteiger partial charge in [-0.3, -0.25) is 0 Å². The van der Waals surface area contributed by atoms with Gasteiger partial charge in [0.15, 0.2) is 23.0 Å². The number of hydrogen-bond donors (Lipinski definition) is 0. The lowest BCUT2D eigenvalue weighted by Crippen LogP contribution is -2.15. The van der Waals surface area contributed by atoms with Crippen molar-refractivity contribution in [1.82, 2.24) is 0 Å². The van der Waals surface area contributed by atoms with Gasteiger partial charge in [0.2, 0.25) is 0 Å². The van der Waals surface area contributed by atoms with Crippen molar-refractivity contribution in [1.29, 1.82) is 0 Å². The first-order valence-corrected chi connectivity index (χ1v) is 12.8. The summed E-state index contributed by atoms with van der Waals surface area (Å²) in [6.45, 7) is 0.915. The van der Waals surface area contributed by atoms with Gasteiger partial charge in [-0.2, -0.15) is 0 Å². The van der Waals surface area contributed by atoms with Gasteiger partial charge in [0.05, 0.1) is 19.5 Å². The van der Waals surface area contributed by atoms with Gasteiger partial charge in [-0.15, -0.1) is 0 Å². The van der Waals surface area contributed by atoms with E-state index in [1.807, 2.05) is 105 Å². The standard InChI is InChI=1S/C26H27O4PS/c1-5-10-20-14-16-23(25(18-20)27-3)29-31(32,22-12-8-7-9-13-22)30-24-17-15-21(11-6-2)19-26(24)28-4/h5-19H,1-4H3/b10-5+,11-6+. The maximum Gasteiger partial charge on any atom is 0.319 e. The zero-order valence-electron chi connectivity index (χ0n) is 18.6. The van der Waals surface area contributed by atoms with Crippen LogP contribution in [0, 0.1) is 0 Å². The Labute approximate surface area is 195 Å². The van der Waals surface area contributed by atoms with E-state index in [0.717, 1.165) is 16.4 Å². The number of ether oxygens (including phenoxy) is 2. The number of rotatable bonds is 9. The second-order valence-electron chi connectivity index (χ2n) is 6.84. The molecule has 3 aromatic carbocycles. The highest BCUT2D eigenvalue weighted by atomic mass is 32.5. The molecule has 0 aliphatic heterocycles. The third kappa shape index (κ3) is 5.61. The lowest BCUT2D eigenvalue weighted by Gasteiger charge is -2.26. The molecule has 3 rings (SSSR count). The molecule has 0 heterocycles. The van der Waals surface area contributed by atoms with E-state index in [2.05, 4.69) is 0 Å². The summed E-state index contributed by atoms with van der Waals surface area (Å²) in [7, 11) is 3.22. The second-order valence-corrected chi connectivity index (χ2v) is 10.2. The molecule has 0 unspecified atom stereocenters. The molecule has 0 saturated carbocycles. The highest BCUT2D eigenvalue weighted by Gasteiger charge is 2.28. The smallest absolute Gasteiger partial charge is 0.319 e. The molecule has 0 saturated heterocycles. The molecule has 0 atom stereocenters. The summed E-state index contributed by atoms with van der Waals surface area (Å²) in [6, 6.07) is 21.0. The molecule has 0 fully saturated rings. The Morgan fingerprint density at radius 3 is 1.53 bits per heavy atom. The summed E-state index contributed by atoms with van der Waals surface area (Å²) in [5, 5.41) is 0.786. The van der Waals surface area contributed by atoms with Crippen molar-refractivity contribution in [2.24, 2.45) is 0 Å². The van der Waals surface area contributed by atoms with Crippen LogP contribution in [0.3, 0.4) is 0 Å². The van der Waals surface area contributed by atoms with Crippen LogP contribution in [0.25, 0.3) is 12.2 Å². The normalized spacial score (nSPS) is 11.6. The fraction of sp³-hybridized carbons (Fsp3) is 0.154. The first-order valence-electron chi connectivity index (χ1n) is 10.2. The van der Waals surface area contributed by atoms with Crippen molar-refractivity contribution in [2.75, 3.05) is 14.2 Å². The van der Waals surface area contributed by atoms with Gasteiger partial charge in [-0.25, -0.2) is 0 Å². The van der Waals surface area contributed by atoms with E-state index in [-0.39, 0.29) is 0 Å². The fourth-order valence-corrected chi connectivity index (χ4v) is 5.56. The van der Waals surface area contributed by atoms with E-state index >= 15 is 0 Å². The quantitative estimate of drug-likeness (QED) is 0.322. The lowest BCUT2D eigenvalue weighted by molar-refractivity contribution is 0.381. The number of benzene rings is 3. The number of methoxy groups -OCH3 is 2. The van der Waals surface area contributed by atoms with E-state index in [4.69, 9.17) is 30.3 Å². The molecule has 0 aromatic heterocycles. The summed E-state index contributed by atoms with van der Waals surface area (Å²) in [5.74, 6) is 2.23. The Kier molecular flexibility index (Phi) is 8.15. The van der Waals surface area contributed by atoms with E-state index in [1.54, 1.807) is 14.2 Å². The molecule has 0 aliphatic rings. The van der Waals surface area contributed by atoms with E-state index in [0.29, 0.717) is 23.0 Å². The Balaban J connectivity index is 2.05. The Morgan fingerprint density at radius 1 is 0.656 bits per heavy atom. The minimum absolute atomic E-state index is 0.525. The number of hydrogen-bond acceptors (Lipinski definition) is 5. The molecular formula is C26H27O4PS. The average molecular weight is 467 g/mol. The molecule has 166 valence electrons. The SMILES string of the molecule is C/C=C/c1ccc(OP(=S)(Oc2ccc(/C=C/C)cc2OC)c2ccccc2)c(OC)c1. The summed E-state index contributed by atoms with van der Waals surface area (Å²) in [5.41, 5.74) is 2.01. The van der Waals surface area contributed by atoms with Crippen LogP contribution in [0.1, 0.15) is 25.0 Å². The van der Waals surface area contributed by atoms with Crippen LogP contribution in [0.2, 0.25) is 0 Å². The lowest BCUT2D eigenvalue weighted by atomic mass is 10.2. The zero-order valence-corrected chi connectivity index (χ0v) is 20.4. The molecule has 4 nitrogen and oxygen atoms in total. The van der Waals surface area contributed by atoms with Crippen molar-refractivity contribution in [2.45, 2.75) is 13.8 Å². The van der Waals surface area contributed by atoms with Gasteiger partial charge in [0, 0.05) is 0 Å². The Hall–Kier alpha value is -3.01. The second kappa shape index (κ2) is 11.0. The van der Waals surface area contributed by atoms with Crippen LogP contribution in [0.5, 0.6) is 23.0 Å². The fourth-order valence-electron chi connectivity index (χ4n) is 3.10. The largest absolute Gasteiger partial charge is 0.493 e. The molecule has 32 heavy (non-hydrogen) atoms. The summed E-state index contributed by atoms with van der Waals surface area (Å²) < 4.78 is 24.0. The minimum Gasteiger partial charge on any atom is -0.493 e. The van der Waals surface area contributed by atoms with E-state index < -0.39 is 6.49 Å². The van der Waals surface area contributed by atoms with Crippen LogP contribution in [-0.2, 0) is 11.8 Å². The van der Waals surface area contributed by atoms with Crippen molar-refractivity contribution >= 4 is 35.8 Å². The van der Waals surface area contributed by atoms with Crippen molar-refractivity contribution < 1.29 is 18.5 Å². The first-order chi connectivity index (χ1) is 15.5. The third-order valence-corrected chi connectivity index (χ3v) is 7.49. The molecule has 3 aromatic rings. The zero-order chi connectivity index (χ0) is 23.0. The minimum atomic E-state index is -3.02. The third-order valence-electron chi connectivity index (χ3n) is 4.60. The van der Waals surface area contributed by atoms with Crippen LogP contribution in [0.4, 0.5) is 0 Å². The van der Waals surface area contributed by atoms with Gasteiger partial charge in [0.25, 0.3) is 0 Å². The van der Waals surface area contributed by atoms with Crippen molar-refractivity contribution in [3.05, 3.63) is 90.0 Å². The topological polar surface area (TPSA) is 36.9 Å². The van der Waals surface area contributed by atoms with Gasteiger partial charge >= 0.3 is 6.49 Å². The highest BCUT2D eigenvalue weighted by molar-refractivity contribution is 8.13. The first kappa shape index (κ1) is 23.6. The monoisotopic (exact) mass is 466 g/mol. The average Bonchev–Trinajstić information content (AvgIpc) is 2.82. The van der Waals surface area contributed by atoms with Gasteiger partial charge in [-0.05, 0) is 73.2 Å². The van der Waals surface area contributed by atoms with Crippen molar-refractivity contribution in [3.8, 4) is 23.0 Å². The van der Waals surface area contributed by atoms with Crippen molar-refractivity contribution in [3.63, 3.8) is 0 Å². The maximum absolute atomic E-state index is 6.41. The Bertz CT molecular complexity index is 1090. The number of allylic oxidation sites excluding steroid dienone is 2. The molecule has 0 radical (unpaired) electrons. The molecule has 0 N–H and O–H groups in total. The van der Waals surface area contributed by atoms with Crippen LogP contribution in [0.15, 0.2) is 78.9 Å². The summed E-state index contributed by atoms with van der Waals surface area (Å²) >= 11 is 6.04. The van der Waals surface area contributed by atoms with E-state index in [9.17, 15) is 0 Å². The Morgan fingerprint density at radius 2 is 1.12 bits per heavy atom. The van der Waals surface area contributed by atoms with Crippen LogP contribution in [-0.4, -0.2) is 14.2 Å². The summed E-state index contributed by atoms with van der Waals surface area (Å²) in [6.07, 6.45) is 7.92. The van der Waals surface area contributed by atoms with Gasteiger partial charge < -0.3 is 18.5 Å². The predicted octanol–water partition coefficient (Wildman–Crippen LogP) is 6.86. The van der Waals surface area contributed by atoms with Crippen LogP contribution < -0.4 is 23.8 Å². The molecule has 0 spiro atoms. The molecule has 0 amide bonds. The van der Waals surface area contributed by atoms with Gasteiger partial charge in [-0.1, -0.05) is 54.6 Å². The predicted molar refractivity (Wildman–Crippen MR) is 137 cm³/mol. The maximum atomic E-state index is 6.41. The van der Waals surface area contributed by atoms with Crippen LogP contribution >= 0.6 is 6.49 Å². The highest BCUT2D eigenvalue weighted by Crippen LogP contribution is 2.52. The molecule has 6 heteroatoms. The van der Waals surface area contributed by atoms with E-state index in [1.165, 1.54) is 0 Å². The summed E-state index contributed by atoms with van der Waals surface area (Å²) in [4.78, 5) is 0.